The Morgan fingerprint density at radius 1 is 1.47 bits per heavy atom. The Labute approximate surface area is 106 Å². The van der Waals surface area contributed by atoms with Gasteiger partial charge in [-0.2, -0.15) is 4.98 Å². The topological polar surface area (TPSA) is 51.0 Å². The summed E-state index contributed by atoms with van der Waals surface area (Å²) < 4.78 is 19.4. The first-order valence-corrected chi connectivity index (χ1v) is 5.92. The lowest BCUT2D eigenvalue weighted by atomic mass is 10.2. The van der Waals surface area contributed by atoms with Crippen LogP contribution in [0.5, 0.6) is 0 Å². The minimum atomic E-state index is -0.378. The van der Waals surface area contributed by atoms with E-state index in [9.17, 15) is 4.39 Å². The predicted molar refractivity (Wildman–Crippen MR) is 65.0 cm³/mol. The molecule has 0 amide bonds. The van der Waals surface area contributed by atoms with E-state index in [2.05, 4.69) is 31.4 Å². The molecule has 1 aromatic carbocycles. The van der Waals surface area contributed by atoms with E-state index < -0.39 is 0 Å². The largest absolute Gasteiger partial charge is 0.334 e. The van der Waals surface area contributed by atoms with E-state index in [1.807, 2.05) is 7.05 Å². The number of halogens is 2. The standard InChI is InChI=1S/C11H11BrFN3O/c1-14-5-4-10-15-11(17-16-10)8-6-7(12)2-3-9(8)13/h2-3,6,14H,4-5H2,1H3. The van der Waals surface area contributed by atoms with E-state index in [0.29, 0.717) is 17.8 Å². The third-order valence-electron chi connectivity index (χ3n) is 2.23. The molecule has 0 fully saturated rings. The summed E-state index contributed by atoms with van der Waals surface area (Å²) in [6.45, 7) is 0.750. The van der Waals surface area contributed by atoms with Crippen LogP contribution in [0.3, 0.4) is 0 Å². The third-order valence-corrected chi connectivity index (χ3v) is 2.72. The van der Waals surface area contributed by atoms with Crippen molar-refractivity contribution >= 4 is 15.9 Å². The highest BCUT2D eigenvalue weighted by Crippen LogP contribution is 2.24. The van der Waals surface area contributed by atoms with E-state index in [-0.39, 0.29) is 11.7 Å². The quantitative estimate of drug-likeness (QED) is 0.942. The Bertz CT molecular complexity index is 515. The van der Waals surface area contributed by atoms with Crippen molar-refractivity contribution in [3.8, 4) is 11.5 Å². The van der Waals surface area contributed by atoms with E-state index >= 15 is 0 Å². The summed E-state index contributed by atoms with van der Waals surface area (Å²) in [5.74, 6) is 0.389. The molecule has 17 heavy (non-hydrogen) atoms. The summed E-state index contributed by atoms with van der Waals surface area (Å²) in [4.78, 5) is 4.14. The highest BCUT2D eigenvalue weighted by molar-refractivity contribution is 9.10. The molecule has 1 aromatic heterocycles. The lowest BCUT2D eigenvalue weighted by Gasteiger charge is -1.97. The highest BCUT2D eigenvalue weighted by atomic mass is 79.9. The SMILES string of the molecule is CNCCc1noc(-c2cc(Br)ccc2F)n1. The van der Waals surface area contributed by atoms with E-state index in [1.165, 1.54) is 6.07 Å². The molecule has 2 rings (SSSR count). The molecule has 1 heterocycles. The Morgan fingerprint density at radius 3 is 3.06 bits per heavy atom. The summed E-state index contributed by atoms with van der Waals surface area (Å²) in [5.41, 5.74) is 0.308. The van der Waals surface area contributed by atoms with Gasteiger partial charge in [0.15, 0.2) is 5.82 Å². The van der Waals surface area contributed by atoms with Gasteiger partial charge in [0.1, 0.15) is 5.82 Å². The van der Waals surface area contributed by atoms with Crippen molar-refractivity contribution in [2.24, 2.45) is 0 Å². The Morgan fingerprint density at radius 2 is 2.29 bits per heavy atom. The molecule has 1 N–H and O–H groups in total. The first-order chi connectivity index (χ1) is 8.20. The number of aromatic nitrogens is 2. The molecule has 0 radical (unpaired) electrons. The zero-order valence-corrected chi connectivity index (χ0v) is 10.8. The van der Waals surface area contributed by atoms with Crippen molar-refractivity contribution in [2.75, 3.05) is 13.6 Å². The number of rotatable bonds is 4. The van der Waals surface area contributed by atoms with Crippen LogP contribution in [-0.2, 0) is 6.42 Å². The van der Waals surface area contributed by atoms with Gasteiger partial charge in [-0.25, -0.2) is 4.39 Å². The van der Waals surface area contributed by atoms with Crippen molar-refractivity contribution in [3.05, 3.63) is 34.3 Å². The fourth-order valence-electron chi connectivity index (χ4n) is 1.36. The number of likely N-dealkylation sites (N-methyl/N-ethyl adjacent to an activating group) is 1. The van der Waals surface area contributed by atoms with Crippen molar-refractivity contribution in [3.63, 3.8) is 0 Å². The molecular formula is C11H11BrFN3O. The van der Waals surface area contributed by atoms with Gasteiger partial charge < -0.3 is 9.84 Å². The molecule has 0 aliphatic carbocycles. The van der Waals surface area contributed by atoms with Crippen LogP contribution < -0.4 is 5.32 Å². The van der Waals surface area contributed by atoms with Crippen molar-refractivity contribution in [1.29, 1.82) is 0 Å². The van der Waals surface area contributed by atoms with E-state index in [0.717, 1.165) is 11.0 Å². The maximum atomic E-state index is 13.6. The normalized spacial score (nSPS) is 10.8. The third kappa shape index (κ3) is 2.89. The van der Waals surface area contributed by atoms with Gasteiger partial charge in [0.05, 0.1) is 5.56 Å². The highest BCUT2D eigenvalue weighted by Gasteiger charge is 2.13. The van der Waals surface area contributed by atoms with Gasteiger partial charge in [-0.1, -0.05) is 21.1 Å². The zero-order valence-electron chi connectivity index (χ0n) is 9.20. The number of hydrogen-bond donors (Lipinski definition) is 1. The molecule has 90 valence electrons. The maximum absolute atomic E-state index is 13.6. The van der Waals surface area contributed by atoms with Crippen molar-refractivity contribution in [1.82, 2.24) is 15.5 Å². The Kier molecular flexibility index (Phi) is 3.86. The second-order valence-electron chi connectivity index (χ2n) is 3.49. The minimum Gasteiger partial charge on any atom is -0.334 e. The minimum absolute atomic E-state index is 0.204. The molecule has 2 aromatic rings. The van der Waals surface area contributed by atoms with Gasteiger partial charge in [-0.3, -0.25) is 0 Å². The van der Waals surface area contributed by atoms with Gasteiger partial charge in [0, 0.05) is 17.4 Å². The van der Waals surface area contributed by atoms with Gasteiger partial charge in [-0.15, -0.1) is 0 Å². The maximum Gasteiger partial charge on any atom is 0.260 e. The summed E-state index contributed by atoms with van der Waals surface area (Å²) in [6, 6.07) is 4.60. The van der Waals surface area contributed by atoms with Crippen LogP contribution in [0.15, 0.2) is 27.2 Å². The van der Waals surface area contributed by atoms with Crippen LogP contribution in [0.2, 0.25) is 0 Å². The Balaban J connectivity index is 2.27. The molecular weight excluding hydrogens is 289 g/mol. The van der Waals surface area contributed by atoms with Crippen LogP contribution >= 0.6 is 15.9 Å². The first-order valence-electron chi connectivity index (χ1n) is 5.13. The van der Waals surface area contributed by atoms with Gasteiger partial charge >= 0.3 is 0 Å². The molecule has 0 aliphatic rings. The summed E-state index contributed by atoms with van der Waals surface area (Å²) in [6.07, 6.45) is 0.648. The number of benzene rings is 1. The fraction of sp³-hybridized carbons (Fsp3) is 0.273. The van der Waals surface area contributed by atoms with E-state index in [1.54, 1.807) is 12.1 Å². The van der Waals surface area contributed by atoms with Gasteiger partial charge in [0.2, 0.25) is 0 Å². The smallest absolute Gasteiger partial charge is 0.260 e. The summed E-state index contributed by atoms with van der Waals surface area (Å²) >= 11 is 3.28. The molecule has 0 saturated carbocycles. The van der Waals surface area contributed by atoms with Crippen LogP contribution in [0.25, 0.3) is 11.5 Å². The second kappa shape index (κ2) is 5.37. The number of nitrogens with one attached hydrogen (secondary N) is 1. The Hall–Kier alpha value is -1.27. The zero-order chi connectivity index (χ0) is 12.3. The number of hydrogen-bond acceptors (Lipinski definition) is 4. The predicted octanol–water partition coefficient (Wildman–Crippen LogP) is 2.40. The lowest BCUT2D eigenvalue weighted by Crippen LogP contribution is -2.11. The second-order valence-corrected chi connectivity index (χ2v) is 4.41. The molecule has 0 spiro atoms. The molecule has 0 unspecified atom stereocenters. The monoisotopic (exact) mass is 299 g/mol. The molecule has 0 bridgehead atoms. The lowest BCUT2D eigenvalue weighted by molar-refractivity contribution is 0.419. The average Bonchev–Trinajstić information content (AvgIpc) is 2.78. The molecule has 4 nitrogen and oxygen atoms in total. The first kappa shape index (κ1) is 12.2. The number of nitrogens with zero attached hydrogens (tertiary/aromatic N) is 2. The van der Waals surface area contributed by atoms with Crippen molar-refractivity contribution < 1.29 is 8.91 Å². The van der Waals surface area contributed by atoms with Crippen molar-refractivity contribution in [2.45, 2.75) is 6.42 Å². The van der Waals surface area contributed by atoms with Crippen LogP contribution in [-0.4, -0.2) is 23.7 Å². The molecule has 0 saturated heterocycles. The summed E-state index contributed by atoms with van der Waals surface area (Å²) in [7, 11) is 1.84. The molecule has 0 atom stereocenters. The van der Waals surface area contributed by atoms with Crippen LogP contribution in [0, 0.1) is 5.82 Å². The molecule has 6 heteroatoms. The molecule has 0 aliphatic heterocycles. The van der Waals surface area contributed by atoms with E-state index in [4.69, 9.17) is 4.52 Å². The average molecular weight is 300 g/mol. The van der Waals surface area contributed by atoms with Gasteiger partial charge in [-0.05, 0) is 25.2 Å². The van der Waals surface area contributed by atoms with Gasteiger partial charge in [0.25, 0.3) is 5.89 Å². The summed E-state index contributed by atoms with van der Waals surface area (Å²) in [5, 5.41) is 6.78. The van der Waals surface area contributed by atoms with Crippen LogP contribution in [0.1, 0.15) is 5.82 Å². The van der Waals surface area contributed by atoms with Crippen LogP contribution in [0.4, 0.5) is 4.39 Å². The fourth-order valence-corrected chi connectivity index (χ4v) is 1.72.